The third kappa shape index (κ3) is 4.94. The maximum absolute atomic E-state index is 5.76. The van der Waals surface area contributed by atoms with Crippen LogP contribution < -0.4 is 15.2 Å². The van der Waals surface area contributed by atoms with E-state index in [9.17, 15) is 0 Å². The molecule has 0 saturated heterocycles. The molecule has 0 fully saturated rings. The van der Waals surface area contributed by atoms with Gasteiger partial charge < -0.3 is 20.1 Å². The van der Waals surface area contributed by atoms with Crippen molar-refractivity contribution in [3.8, 4) is 11.5 Å². The average Bonchev–Trinajstić information content (AvgIpc) is 2.36. The zero-order chi connectivity index (χ0) is 13.4. The summed E-state index contributed by atoms with van der Waals surface area (Å²) in [5.74, 6) is 1.67. The fourth-order valence-corrected chi connectivity index (χ4v) is 1.49. The number of benzene rings is 1. The van der Waals surface area contributed by atoms with Crippen LogP contribution in [0.15, 0.2) is 18.2 Å². The van der Waals surface area contributed by atoms with Crippen molar-refractivity contribution >= 4 is 0 Å². The minimum atomic E-state index is 0.478. The van der Waals surface area contributed by atoms with Gasteiger partial charge in [0.2, 0.25) is 0 Å². The maximum Gasteiger partial charge on any atom is 0.127 e. The van der Waals surface area contributed by atoms with Crippen LogP contribution in [0.3, 0.4) is 0 Å². The quantitative estimate of drug-likeness (QED) is 0.767. The summed E-state index contributed by atoms with van der Waals surface area (Å²) < 4.78 is 11.3. The van der Waals surface area contributed by atoms with Gasteiger partial charge >= 0.3 is 0 Å². The molecule has 1 rings (SSSR count). The van der Waals surface area contributed by atoms with E-state index in [4.69, 9.17) is 15.2 Å². The summed E-state index contributed by atoms with van der Waals surface area (Å²) in [4.78, 5) is 2.08. The Balaban J connectivity index is 2.66. The Kier molecular flexibility index (Phi) is 6.54. The molecule has 18 heavy (non-hydrogen) atoms. The lowest BCUT2D eigenvalue weighted by atomic mass is 10.2. The van der Waals surface area contributed by atoms with Crippen molar-refractivity contribution in [1.82, 2.24) is 4.90 Å². The summed E-state index contributed by atoms with van der Waals surface area (Å²) in [6.07, 6.45) is 0.995. The zero-order valence-corrected chi connectivity index (χ0v) is 11.6. The minimum absolute atomic E-state index is 0.478. The predicted octanol–water partition coefficient (Wildman–Crippen LogP) is 1.87. The summed E-state index contributed by atoms with van der Waals surface area (Å²) in [5.41, 5.74) is 6.71. The van der Waals surface area contributed by atoms with E-state index < -0.39 is 0 Å². The van der Waals surface area contributed by atoms with E-state index in [1.165, 1.54) is 0 Å². The van der Waals surface area contributed by atoms with Crippen molar-refractivity contribution in [3.63, 3.8) is 0 Å². The first-order valence-electron chi connectivity index (χ1n) is 6.40. The van der Waals surface area contributed by atoms with Gasteiger partial charge in [-0.15, -0.1) is 0 Å². The van der Waals surface area contributed by atoms with Crippen molar-refractivity contribution in [3.05, 3.63) is 23.8 Å². The van der Waals surface area contributed by atoms with Crippen molar-refractivity contribution in [1.29, 1.82) is 0 Å². The molecule has 0 unspecified atom stereocenters. The number of likely N-dealkylation sites (N-methyl/N-ethyl adjacent to an activating group) is 1. The van der Waals surface area contributed by atoms with Gasteiger partial charge in [0.25, 0.3) is 0 Å². The molecule has 0 amide bonds. The van der Waals surface area contributed by atoms with Gasteiger partial charge in [-0.1, -0.05) is 13.0 Å². The summed E-state index contributed by atoms with van der Waals surface area (Å²) in [5, 5.41) is 0. The van der Waals surface area contributed by atoms with E-state index in [2.05, 4.69) is 11.8 Å². The highest BCUT2D eigenvalue weighted by Crippen LogP contribution is 2.24. The Bertz CT molecular complexity index is 354. The van der Waals surface area contributed by atoms with Gasteiger partial charge in [-0.3, -0.25) is 0 Å². The highest BCUT2D eigenvalue weighted by molar-refractivity contribution is 5.40. The highest BCUT2D eigenvalue weighted by Gasteiger charge is 2.05. The van der Waals surface area contributed by atoms with Crippen LogP contribution in [0.1, 0.15) is 18.9 Å². The van der Waals surface area contributed by atoms with E-state index in [-0.39, 0.29) is 0 Å². The van der Waals surface area contributed by atoms with E-state index in [0.717, 1.165) is 36.6 Å². The summed E-state index contributed by atoms with van der Waals surface area (Å²) in [7, 11) is 4.04. The van der Waals surface area contributed by atoms with Crippen LogP contribution in [0.25, 0.3) is 0 Å². The predicted molar refractivity (Wildman–Crippen MR) is 74.2 cm³/mol. The molecule has 1 aromatic rings. The Hall–Kier alpha value is -1.26. The molecule has 0 spiro atoms. The van der Waals surface area contributed by atoms with Crippen molar-refractivity contribution < 1.29 is 9.47 Å². The van der Waals surface area contributed by atoms with Crippen LogP contribution >= 0.6 is 0 Å². The Labute approximate surface area is 110 Å². The third-order valence-corrected chi connectivity index (χ3v) is 2.53. The fourth-order valence-electron chi connectivity index (χ4n) is 1.49. The van der Waals surface area contributed by atoms with E-state index >= 15 is 0 Å². The highest BCUT2D eigenvalue weighted by atomic mass is 16.5. The van der Waals surface area contributed by atoms with Gasteiger partial charge in [-0.2, -0.15) is 0 Å². The molecule has 0 aliphatic heterocycles. The molecule has 0 heterocycles. The van der Waals surface area contributed by atoms with Crippen LogP contribution in [0.5, 0.6) is 11.5 Å². The van der Waals surface area contributed by atoms with Crippen LogP contribution in [-0.2, 0) is 6.54 Å². The number of ether oxygens (including phenoxy) is 2. The first kappa shape index (κ1) is 14.8. The molecule has 0 atom stereocenters. The van der Waals surface area contributed by atoms with Crippen LogP contribution in [0.2, 0.25) is 0 Å². The number of nitrogens with two attached hydrogens (primary N) is 1. The zero-order valence-electron chi connectivity index (χ0n) is 11.6. The minimum Gasteiger partial charge on any atom is -0.493 e. The molecule has 0 bridgehead atoms. The Morgan fingerprint density at radius 2 is 1.94 bits per heavy atom. The van der Waals surface area contributed by atoms with Gasteiger partial charge in [-0.25, -0.2) is 0 Å². The Morgan fingerprint density at radius 3 is 2.56 bits per heavy atom. The Morgan fingerprint density at radius 1 is 1.17 bits per heavy atom. The molecular weight excluding hydrogens is 228 g/mol. The number of nitrogens with zero attached hydrogens (tertiary/aromatic N) is 1. The smallest absolute Gasteiger partial charge is 0.127 e. The molecule has 1 aromatic carbocycles. The second-order valence-corrected chi connectivity index (χ2v) is 4.47. The molecule has 0 saturated carbocycles. The van der Waals surface area contributed by atoms with Crippen LogP contribution in [0.4, 0.5) is 0 Å². The number of hydrogen-bond donors (Lipinski definition) is 1. The molecule has 0 aromatic heterocycles. The second kappa shape index (κ2) is 7.95. The van der Waals surface area contributed by atoms with Crippen LogP contribution in [-0.4, -0.2) is 38.8 Å². The monoisotopic (exact) mass is 252 g/mol. The SMILES string of the molecule is CCCOc1ccc(CN)c(OCCN(C)C)c1. The van der Waals surface area contributed by atoms with E-state index in [1.54, 1.807) is 0 Å². The van der Waals surface area contributed by atoms with Crippen molar-refractivity contribution in [2.75, 3.05) is 33.9 Å². The standard InChI is InChI=1S/C14H24N2O2/c1-4-8-17-13-6-5-12(11-15)14(10-13)18-9-7-16(2)3/h5-6,10H,4,7-9,11,15H2,1-3H3. The van der Waals surface area contributed by atoms with E-state index in [0.29, 0.717) is 13.2 Å². The molecule has 2 N–H and O–H groups in total. The lowest BCUT2D eigenvalue weighted by Gasteiger charge is -2.15. The molecule has 0 aliphatic rings. The van der Waals surface area contributed by atoms with Crippen LogP contribution in [0, 0.1) is 0 Å². The lowest BCUT2D eigenvalue weighted by molar-refractivity contribution is 0.257. The average molecular weight is 252 g/mol. The largest absolute Gasteiger partial charge is 0.493 e. The first-order valence-corrected chi connectivity index (χ1v) is 6.40. The first-order chi connectivity index (χ1) is 8.67. The second-order valence-electron chi connectivity index (χ2n) is 4.47. The van der Waals surface area contributed by atoms with Gasteiger partial charge in [0.15, 0.2) is 0 Å². The molecule has 4 heteroatoms. The molecule has 0 radical (unpaired) electrons. The van der Waals surface area contributed by atoms with Gasteiger partial charge in [-0.05, 0) is 26.6 Å². The lowest BCUT2D eigenvalue weighted by Crippen LogP contribution is -2.20. The molecule has 0 aliphatic carbocycles. The number of hydrogen-bond acceptors (Lipinski definition) is 4. The summed E-state index contributed by atoms with van der Waals surface area (Å²) in [6, 6.07) is 5.83. The third-order valence-electron chi connectivity index (χ3n) is 2.53. The summed E-state index contributed by atoms with van der Waals surface area (Å²) in [6.45, 7) is 4.81. The normalized spacial score (nSPS) is 10.7. The molecular formula is C14H24N2O2. The molecule has 102 valence electrons. The van der Waals surface area contributed by atoms with Crippen molar-refractivity contribution in [2.45, 2.75) is 19.9 Å². The molecule has 4 nitrogen and oxygen atoms in total. The topological polar surface area (TPSA) is 47.7 Å². The van der Waals surface area contributed by atoms with Gasteiger partial charge in [0, 0.05) is 24.7 Å². The number of rotatable bonds is 8. The van der Waals surface area contributed by atoms with E-state index in [1.807, 2.05) is 32.3 Å². The summed E-state index contributed by atoms with van der Waals surface area (Å²) >= 11 is 0. The fraction of sp³-hybridized carbons (Fsp3) is 0.571. The van der Waals surface area contributed by atoms with Gasteiger partial charge in [0.1, 0.15) is 18.1 Å². The van der Waals surface area contributed by atoms with Crippen molar-refractivity contribution in [2.24, 2.45) is 5.73 Å². The van der Waals surface area contributed by atoms with Gasteiger partial charge in [0.05, 0.1) is 6.61 Å². The maximum atomic E-state index is 5.76.